The summed E-state index contributed by atoms with van der Waals surface area (Å²) in [5.74, 6) is -0.303. The molecular formula is C23H28ClN3O3. The zero-order valence-electron chi connectivity index (χ0n) is 17.3. The Labute approximate surface area is 182 Å². The number of hydrogen-bond donors (Lipinski definition) is 1. The Hall–Kier alpha value is -2.57. The molecule has 2 amide bonds. The second-order valence-corrected chi connectivity index (χ2v) is 7.80. The normalized spacial score (nSPS) is 14.4. The van der Waals surface area contributed by atoms with Crippen molar-refractivity contribution in [1.29, 1.82) is 0 Å². The Morgan fingerprint density at radius 1 is 1.03 bits per heavy atom. The largest absolute Gasteiger partial charge is 0.439 e. The first-order chi connectivity index (χ1) is 14.5. The summed E-state index contributed by atoms with van der Waals surface area (Å²) in [6.07, 6.45) is 1.67. The van der Waals surface area contributed by atoms with Gasteiger partial charge in [-0.25, -0.2) is 4.79 Å². The molecule has 1 fully saturated rings. The lowest BCUT2D eigenvalue weighted by Gasteiger charge is -2.34. The lowest BCUT2D eigenvalue weighted by Crippen LogP contribution is -2.49. The maximum absolute atomic E-state index is 12.0. The molecule has 3 rings (SSSR count). The zero-order valence-corrected chi connectivity index (χ0v) is 18.0. The van der Waals surface area contributed by atoms with Crippen LogP contribution in [-0.2, 0) is 16.0 Å². The number of amides is 2. The van der Waals surface area contributed by atoms with E-state index in [0.717, 1.165) is 43.1 Å². The molecule has 0 aromatic heterocycles. The van der Waals surface area contributed by atoms with Crippen molar-refractivity contribution in [2.75, 3.05) is 46.4 Å². The highest BCUT2D eigenvalue weighted by atomic mass is 35.5. The van der Waals surface area contributed by atoms with Gasteiger partial charge in [-0.15, -0.1) is 0 Å². The fraction of sp³-hybridized carbons (Fsp3) is 0.391. The Morgan fingerprint density at radius 2 is 1.77 bits per heavy atom. The molecule has 0 spiro atoms. The molecule has 7 heteroatoms. The van der Waals surface area contributed by atoms with Gasteiger partial charge >= 0.3 is 6.09 Å². The van der Waals surface area contributed by atoms with E-state index in [0.29, 0.717) is 13.1 Å². The van der Waals surface area contributed by atoms with Crippen molar-refractivity contribution >= 4 is 23.6 Å². The molecule has 2 aromatic rings. The number of benzene rings is 2. The molecule has 1 aliphatic rings. The van der Waals surface area contributed by atoms with Gasteiger partial charge in [0.1, 0.15) is 0 Å². The third-order valence-corrected chi connectivity index (χ3v) is 5.52. The van der Waals surface area contributed by atoms with E-state index in [2.05, 4.69) is 40.5 Å². The van der Waals surface area contributed by atoms with Gasteiger partial charge in [-0.2, -0.15) is 0 Å². The van der Waals surface area contributed by atoms with Crippen LogP contribution in [0.3, 0.4) is 0 Å². The third kappa shape index (κ3) is 6.47. The summed E-state index contributed by atoms with van der Waals surface area (Å²) in [4.78, 5) is 27.2. The molecule has 2 aromatic carbocycles. The highest BCUT2D eigenvalue weighted by molar-refractivity contribution is 6.30. The molecule has 6 nitrogen and oxygen atoms in total. The van der Waals surface area contributed by atoms with Crippen LogP contribution in [0, 0.1) is 0 Å². The van der Waals surface area contributed by atoms with Crippen LogP contribution in [0.5, 0.6) is 0 Å². The third-order valence-electron chi connectivity index (χ3n) is 5.29. The number of rotatable bonds is 7. The molecular weight excluding hydrogens is 402 g/mol. The minimum atomic E-state index is -0.418. The summed E-state index contributed by atoms with van der Waals surface area (Å²) >= 11 is 6.08. The van der Waals surface area contributed by atoms with Crippen LogP contribution in [0.25, 0.3) is 11.1 Å². The summed E-state index contributed by atoms with van der Waals surface area (Å²) in [6.45, 7) is 3.66. The van der Waals surface area contributed by atoms with E-state index in [9.17, 15) is 9.59 Å². The number of ether oxygens (including phenoxy) is 1. The van der Waals surface area contributed by atoms with Gasteiger partial charge in [0.05, 0.1) is 0 Å². The van der Waals surface area contributed by atoms with Crippen LogP contribution >= 0.6 is 11.6 Å². The van der Waals surface area contributed by atoms with Crippen LogP contribution in [-0.4, -0.2) is 68.2 Å². The quantitative estimate of drug-likeness (QED) is 0.732. The first-order valence-electron chi connectivity index (χ1n) is 10.2. The fourth-order valence-corrected chi connectivity index (χ4v) is 3.67. The van der Waals surface area contributed by atoms with Gasteiger partial charge < -0.3 is 15.0 Å². The number of carbonyl (C=O) groups excluding carboxylic acids is 2. The number of carbonyl (C=O) groups is 2. The summed E-state index contributed by atoms with van der Waals surface area (Å²) < 4.78 is 5.01. The molecule has 1 saturated heterocycles. The molecule has 30 heavy (non-hydrogen) atoms. The van der Waals surface area contributed by atoms with Gasteiger partial charge in [0, 0.05) is 38.2 Å². The van der Waals surface area contributed by atoms with Crippen molar-refractivity contribution < 1.29 is 14.3 Å². The Bertz CT molecular complexity index is 849. The molecule has 0 atom stereocenters. The predicted molar refractivity (Wildman–Crippen MR) is 119 cm³/mol. The highest BCUT2D eigenvalue weighted by Gasteiger charge is 2.22. The topological polar surface area (TPSA) is 61.9 Å². The van der Waals surface area contributed by atoms with Crippen molar-refractivity contribution in [2.24, 2.45) is 0 Å². The first-order valence-corrected chi connectivity index (χ1v) is 10.6. The number of piperazine rings is 1. The van der Waals surface area contributed by atoms with E-state index < -0.39 is 6.09 Å². The number of nitrogens with one attached hydrogen (secondary N) is 1. The molecule has 0 aliphatic carbocycles. The zero-order chi connectivity index (χ0) is 21.3. The molecule has 1 aliphatic heterocycles. The minimum absolute atomic E-state index is 0.231. The average molecular weight is 430 g/mol. The number of aryl methyl sites for hydroxylation is 1. The van der Waals surface area contributed by atoms with Crippen molar-refractivity contribution in [2.45, 2.75) is 12.8 Å². The standard InChI is InChI=1S/C23H28ClN3O3/c1-25-22(28)17-30-23(29)27-14-12-26(13-15-27)11-3-4-18-7-9-19(10-8-18)20-5-2-6-21(24)16-20/h2,5-10,16H,3-4,11-15,17H2,1H3,(H,25,28). The molecule has 1 N–H and O–H groups in total. The fourth-order valence-electron chi connectivity index (χ4n) is 3.48. The minimum Gasteiger partial charge on any atom is -0.439 e. The van der Waals surface area contributed by atoms with Crippen LogP contribution in [0.4, 0.5) is 4.79 Å². The second kappa shape index (κ2) is 11.0. The van der Waals surface area contributed by atoms with E-state index in [-0.39, 0.29) is 12.5 Å². The van der Waals surface area contributed by atoms with E-state index in [1.807, 2.05) is 18.2 Å². The summed E-state index contributed by atoms with van der Waals surface area (Å²) in [5.41, 5.74) is 3.61. The summed E-state index contributed by atoms with van der Waals surface area (Å²) in [5, 5.41) is 3.18. The SMILES string of the molecule is CNC(=O)COC(=O)N1CCN(CCCc2ccc(-c3cccc(Cl)c3)cc2)CC1. The maximum Gasteiger partial charge on any atom is 0.410 e. The summed E-state index contributed by atoms with van der Waals surface area (Å²) in [7, 11) is 1.52. The van der Waals surface area contributed by atoms with E-state index in [4.69, 9.17) is 16.3 Å². The number of hydrogen-bond acceptors (Lipinski definition) is 4. The van der Waals surface area contributed by atoms with Gasteiger partial charge in [-0.05, 0) is 48.2 Å². The lowest BCUT2D eigenvalue weighted by molar-refractivity contribution is -0.123. The lowest BCUT2D eigenvalue weighted by atomic mass is 10.0. The summed E-state index contributed by atoms with van der Waals surface area (Å²) in [6, 6.07) is 16.5. The van der Waals surface area contributed by atoms with Crippen molar-refractivity contribution in [3.63, 3.8) is 0 Å². The molecule has 0 unspecified atom stereocenters. The predicted octanol–water partition coefficient (Wildman–Crippen LogP) is 3.44. The molecule has 0 bridgehead atoms. The molecule has 160 valence electrons. The molecule has 1 heterocycles. The van der Waals surface area contributed by atoms with E-state index in [1.54, 1.807) is 4.90 Å². The van der Waals surface area contributed by atoms with Gasteiger partial charge in [-0.3, -0.25) is 9.69 Å². The van der Waals surface area contributed by atoms with Crippen LogP contribution in [0.1, 0.15) is 12.0 Å². The Kier molecular flexibility index (Phi) is 8.11. The average Bonchev–Trinajstić information content (AvgIpc) is 2.78. The Morgan fingerprint density at radius 3 is 2.43 bits per heavy atom. The molecule has 0 saturated carbocycles. The van der Waals surface area contributed by atoms with Gasteiger partial charge in [0.25, 0.3) is 5.91 Å². The van der Waals surface area contributed by atoms with Crippen LogP contribution < -0.4 is 5.32 Å². The maximum atomic E-state index is 12.0. The smallest absolute Gasteiger partial charge is 0.410 e. The van der Waals surface area contributed by atoms with E-state index in [1.165, 1.54) is 18.2 Å². The monoisotopic (exact) mass is 429 g/mol. The van der Waals surface area contributed by atoms with Crippen molar-refractivity contribution in [3.8, 4) is 11.1 Å². The first kappa shape index (κ1) is 22.1. The number of halogens is 1. The van der Waals surface area contributed by atoms with Gasteiger partial charge in [0.15, 0.2) is 6.61 Å². The number of nitrogens with zero attached hydrogens (tertiary/aromatic N) is 2. The van der Waals surface area contributed by atoms with Crippen LogP contribution in [0.15, 0.2) is 48.5 Å². The van der Waals surface area contributed by atoms with Crippen molar-refractivity contribution in [1.82, 2.24) is 15.1 Å². The van der Waals surface area contributed by atoms with Gasteiger partial charge in [-0.1, -0.05) is 48.0 Å². The highest BCUT2D eigenvalue weighted by Crippen LogP contribution is 2.23. The molecule has 0 radical (unpaired) electrons. The van der Waals surface area contributed by atoms with E-state index >= 15 is 0 Å². The van der Waals surface area contributed by atoms with Crippen LogP contribution in [0.2, 0.25) is 5.02 Å². The van der Waals surface area contributed by atoms with Gasteiger partial charge in [0.2, 0.25) is 0 Å². The van der Waals surface area contributed by atoms with Crippen molar-refractivity contribution in [3.05, 3.63) is 59.1 Å². The Balaban J connectivity index is 1.37. The second-order valence-electron chi connectivity index (χ2n) is 7.37. The number of likely N-dealkylation sites (N-methyl/N-ethyl adjacent to an activating group) is 1.